The lowest BCUT2D eigenvalue weighted by Gasteiger charge is -2.15. The molecule has 26 heavy (non-hydrogen) atoms. The highest BCUT2D eigenvalue weighted by atomic mass is 35.5. The summed E-state index contributed by atoms with van der Waals surface area (Å²) in [5.74, 6) is 1.24. The van der Waals surface area contributed by atoms with Gasteiger partial charge in [-0.1, -0.05) is 23.7 Å². The predicted molar refractivity (Wildman–Crippen MR) is 98.2 cm³/mol. The number of hydrogen-bond acceptors (Lipinski definition) is 4. The first-order valence-electron chi connectivity index (χ1n) is 8.14. The van der Waals surface area contributed by atoms with E-state index in [0.29, 0.717) is 23.1 Å². The summed E-state index contributed by atoms with van der Waals surface area (Å²) in [6.45, 7) is 2.57. The van der Waals surface area contributed by atoms with Gasteiger partial charge in [-0.15, -0.1) is 0 Å². The second kappa shape index (κ2) is 7.66. The molecule has 0 bridgehead atoms. The SMILES string of the molecule is Cc1cccc(Cl)c1OCc1ccc(C(=O)N(C)Cc2ccnn2C)o1. The van der Waals surface area contributed by atoms with E-state index in [1.54, 1.807) is 41.0 Å². The molecule has 1 aromatic carbocycles. The number of carbonyl (C=O) groups is 1. The van der Waals surface area contributed by atoms with Crippen LogP contribution in [0.3, 0.4) is 0 Å². The lowest BCUT2D eigenvalue weighted by Crippen LogP contribution is -2.26. The van der Waals surface area contributed by atoms with Gasteiger partial charge in [-0.05, 0) is 36.8 Å². The van der Waals surface area contributed by atoms with Crippen molar-refractivity contribution >= 4 is 17.5 Å². The fraction of sp³-hybridized carbons (Fsp3) is 0.263. The number of aryl methyl sites for hydroxylation is 2. The van der Waals surface area contributed by atoms with Gasteiger partial charge in [-0.2, -0.15) is 5.10 Å². The molecule has 3 rings (SSSR count). The molecule has 2 heterocycles. The van der Waals surface area contributed by atoms with Crippen LogP contribution < -0.4 is 4.74 Å². The first kappa shape index (κ1) is 18.1. The van der Waals surface area contributed by atoms with Crippen LogP contribution in [-0.2, 0) is 20.2 Å². The molecule has 136 valence electrons. The van der Waals surface area contributed by atoms with E-state index in [2.05, 4.69) is 5.10 Å². The van der Waals surface area contributed by atoms with Crippen LogP contribution in [-0.4, -0.2) is 27.6 Å². The van der Waals surface area contributed by atoms with Gasteiger partial charge in [0.1, 0.15) is 18.1 Å². The fourth-order valence-electron chi connectivity index (χ4n) is 2.57. The minimum atomic E-state index is -0.202. The fourth-order valence-corrected chi connectivity index (χ4v) is 2.85. The number of para-hydroxylation sites is 1. The van der Waals surface area contributed by atoms with Crippen LogP contribution in [0.5, 0.6) is 5.75 Å². The van der Waals surface area contributed by atoms with E-state index < -0.39 is 0 Å². The van der Waals surface area contributed by atoms with E-state index in [1.807, 2.05) is 32.2 Å². The van der Waals surface area contributed by atoms with E-state index in [-0.39, 0.29) is 18.3 Å². The molecule has 3 aromatic rings. The number of furan rings is 1. The number of nitrogens with zero attached hydrogens (tertiary/aromatic N) is 3. The molecule has 1 amide bonds. The van der Waals surface area contributed by atoms with Crippen molar-refractivity contribution in [3.8, 4) is 5.75 Å². The van der Waals surface area contributed by atoms with Gasteiger partial charge in [0.15, 0.2) is 5.76 Å². The molecule has 7 heteroatoms. The van der Waals surface area contributed by atoms with E-state index in [0.717, 1.165) is 11.3 Å². The van der Waals surface area contributed by atoms with Crippen LogP contribution in [0, 0.1) is 6.92 Å². The molecule has 0 aliphatic rings. The van der Waals surface area contributed by atoms with Crippen LogP contribution in [0.4, 0.5) is 0 Å². The Kier molecular flexibility index (Phi) is 5.32. The number of amides is 1. The van der Waals surface area contributed by atoms with Crippen LogP contribution in [0.1, 0.15) is 27.6 Å². The van der Waals surface area contributed by atoms with E-state index in [1.165, 1.54) is 0 Å². The Morgan fingerprint density at radius 3 is 2.81 bits per heavy atom. The molecular formula is C19H20ClN3O3. The zero-order chi connectivity index (χ0) is 18.7. The Hall–Kier alpha value is -2.73. The summed E-state index contributed by atoms with van der Waals surface area (Å²) in [7, 11) is 3.56. The summed E-state index contributed by atoms with van der Waals surface area (Å²) in [6.07, 6.45) is 1.70. The molecule has 0 radical (unpaired) electrons. The zero-order valence-corrected chi connectivity index (χ0v) is 15.7. The highest BCUT2D eigenvalue weighted by molar-refractivity contribution is 6.32. The number of rotatable bonds is 6. The zero-order valence-electron chi connectivity index (χ0n) is 14.9. The molecular weight excluding hydrogens is 354 g/mol. The van der Waals surface area contributed by atoms with Gasteiger partial charge in [0, 0.05) is 20.3 Å². The highest BCUT2D eigenvalue weighted by Crippen LogP contribution is 2.28. The molecule has 0 N–H and O–H groups in total. The van der Waals surface area contributed by atoms with Crippen LogP contribution >= 0.6 is 11.6 Å². The lowest BCUT2D eigenvalue weighted by molar-refractivity contribution is 0.0746. The third kappa shape index (κ3) is 3.91. The average Bonchev–Trinajstić information content (AvgIpc) is 3.23. The van der Waals surface area contributed by atoms with E-state index >= 15 is 0 Å². The first-order chi connectivity index (χ1) is 12.5. The number of hydrogen-bond donors (Lipinski definition) is 0. The number of benzene rings is 1. The third-order valence-corrected chi connectivity index (χ3v) is 4.36. The standard InChI is InChI=1S/C19H20ClN3O3/c1-13-5-4-6-16(20)18(13)25-12-15-7-8-17(26-15)19(24)22(2)11-14-9-10-21-23(14)3/h4-10H,11-12H2,1-3H3. The molecule has 0 fully saturated rings. The lowest BCUT2D eigenvalue weighted by atomic mass is 10.2. The normalized spacial score (nSPS) is 10.8. The minimum absolute atomic E-state index is 0.198. The Morgan fingerprint density at radius 1 is 1.31 bits per heavy atom. The molecule has 0 atom stereocenters. The molecule has 0 aliphatic heterocycles. The van der Waals surface area contributed by atoms with E-state index in [4.69, 9.17) is 20.8 Å². The Bertz CT molecular complexity index is 896. The second-order valence-electron chi connectivity index (χ2n) is 6.05. The van der Waals surface area contributed by atoms with Crippen molar-refractivity contribution in [1.29, 1.82) is 0 Å². The van der Waals surface area contributed by atoms with Crippen LogP contribution in [0.15, 0.2) is 47.0 Å². The maximum absolute atomic E-state index is 12.5. The third-order valence-electron chi connectivity index (χ3n) is 4.06. The van der Waals surface area contributed by atoms with Crippen molar-refractivity contribution in [3.63, 3.8) is 0 Å². The van der Waals surface area contributed by atoms with Crippen LogP contribution in [0.25, 0.3) is 0 Å². The Balaban J connectivity index is 1.63. The molecule has 0 saturated heterocycles. The van der Waals surface area contributed by atoms with Gasteiger partial charge < -0.3 is 14.1 Å². The molecule has 0 aliphatic carbocycles. The van der Waals surface area contributed by atoms with Crippen molar-refractivity contribution in [3.05, 3.63) is 70.4 Å². The van der Waals surface area contributed by atoms with Gasteiger partial charge in [-0.3, -0.25) is 9.48 Å². The molecule has 2 aromatic heterocycles. The maximum Gasteiger partial charge on any atom is 0.289 e. The summed E-state index contributed by atoms with van der Waals surface area (Å²) >= 11 is 6.15. The number of halogens is 1. The predicted octanol–water partition coefficient (Wildman–Crippen LogP) is 3.83. The summed E-state index contributed by atoms with van der Waals surface area (Å²) in [5, 5.41) is 4.65. The van der Waals surface area contributed by atoms with Crippen molar-refractivity contribution in [2.45, 2.75) is 20.1 Å². The van der Waals surface area contributed by atoms with Gasteiger partial charge in [0.25, 0.3) is 5.91 Å². The van der Waals surface area contributed by atoms with Gasteiger partial charge >= 0.3 is 0 Å². The monoisotopic (exact) mass is 373 g/mol. The summed E-state index contributed by atoms with van der Waals surface area (Å²) < 4.78 is 13.1. The van der Waals surface area contributed by atoms with E-state index in [9.17, 15) is 4.79 Å². The largest absolute Gasteiger partial charge is 0.484 e. The van der Waals surface area contributed by atoms with Gasteiger partial charge in [0.05, 0.1) is 17.3 Å². The maximum atomic E-state index is 12.5. The van der Waals surface area contributed by atoms with Crippen molar-refractivity contribution < 1.29 is 13.9 Å². The van der Waals surface area contributed by atoms with Gasteiger partial charge in [-0.25, -0.2) is 0 Å². The number of ether oxygens (including phenoxy) is 1. The summed E-state index contributed by atoms with van der Waals surface area (Å²) in [6, 6.07) is 10.8. The van der Waals surface area contributed by atoms with Crippen molar-refractivity contribution in [2.24, 2.45) is 7.05 Å². The van der Waals surface area contributed by atoms with Crippen molar-refractivity contribution in [2.75, 3.05) is 7.05 Å². The topological polar surface area (TPSA) is 60.5 Å². The van der Waals surface area contributed by atoms with Crippen molar-refractivity contribution in [1.82, 2.24) is 14.7 Å². The average molecular weight is 374 g/mol. The van der Waals surface area contributed by atoms with Crippen LogP contribution in [0.2, 0.25) is 5.02 Å². The first-order valence-corrected chi connectivity index (χ1v) is 8.52. The molecule has 0 spiro atoms. The quantitative estimate of drug-likeness (QED) is 0.659. The summed E-state index contributed by atoms with van der Waals surface area (Å²) in [4.78, 5) is 14.1. The minimum Gasteiger partial charge on any atom is -0.484 e. The molecule has 0 unspecified atom stereocenters. The molecule has 0 saturated carbocycles. The number of carbonyl (C=O) groups excluding carboxylic acids is 1. The summed E-state index contributed by atoms with van der Waals surface area (Å²) in [5.41, 5.74) is 1.88. The Morgan fingerprint density at radius 2 is 2.12 bits per heavy atom. The second-order valence-corrected chi connectivity index (χ2v) is 6.46. The van der Waals surface area contributed by atoms with Gasteiger partial charge in [0.2, 0.25) is 0 Å². The Labute approximate surface area is 156 Å². The molecule has 6 nitrogen and oxygen atoms in total. The number of aromatic nitrogens is 2. The highest BCUT2D eigenvalue weighted by Gasteiger charge is 2.18. The smallest absolute Gasteiger partial charge is 0.289 e.